The van der Waals surface area contributed by atoms with Crippen LogP contribution in [-0.4, -0.2) is 26.9 Å². The highest BCUT2D eigenvalue weighted by Crippen LogP contribution is 2.22. The molecule has 0 spiro atoms. The van der Waals surface area contributed by atoms with Crippen molar-refractivity contribution in [1.82, 2.24) is 0 Å². The second-order valence-corrected chi connectivity index (χ2v) is 4.79. The van der Waals surface area contributed by atoms with Gasteiger partial charge in [0.1, 0.15) is 11.2 Å². The molecule has 0 fully saturated rings. The number of nitrogens with zero attached hydrogens (tertiary/aromatic N) is 1. The van der Waals surface area contributed by atoms with Gasteiger partial charge in [0.05, 0.1) is 4.92 Å². The Morgan fingerprint density at radius 1 is 1.60 bits per heavy atom. The van der Waals surface area contributed by atoms with E-state index in [1.165, 1.54) is 25.1 Å². The van der Waals surface area contributed by atoms with Crippen LogP contribution < -0.4 is 5.32 Å². The minimum absolute atomic E-state index is 0.0699. The van der Waals surface area contributed by atoms with Gasteiger partial charge >= 0.3 is 0 Å². The number of hydrogen-bond acceptors (Lipinski definition) is 4. The first-order chi connectivity index (χ1) is 9.31. The van der Waals surface area contributed by atoms with Crippen molar-refractivity contribution in [2.24, 2.45) is 0 Å². The lowest BCUT2D eigenvalue weighted by Gasteiger charge is -2.19. The van der Waals surface area contributed by atoms with E-state index in [-0.39, 0.29) is 16.6 Å². The number of amides is 1. The van der Waals surface area contributed by atoms with Crippen LogP contribution >= 0.6 is 15.9 Å². The lowest BCUT2D eigenvalue weighted by Crippen LogP contribution is -2.41. The third-order valence-corrected chi connectivity index (χ3v) is 3.55. The Morgan fingerprint density at radius 3 is 2.75 bits per heavy atom. The molecule has 1 amide bonds. The zero-order valence-electron chi connectivity index (χ0n) is 10.9. The average molecular weight is 341 g/mol. The predicted molar refractivity (Wildman–Crippen MR) is 78.7 cm³/mol. The number of nitro groups is 1. The molecule has 0 aliphatic carbocycles. The number of anilines is 1. The zero-order valence-corrected chi connectivity index (χ0v) is 12.5. The number of carbonyl (C=O) groups excluding carboxylic acids is 1. The number of rotatable bonds is 4. The average Bonchev–Trinajstić information content (AvgIpc) is 2.39. The summed E-state index contributed by atoms with van der Waals surface area (Å²) in [4.78, 5) is 22.1. The number of benzene rings is 1. The molecule has 0 aliphatic heterocycles. The van der Waals surface area contributed by atoms with Crippen molar-refractivity contribution >= 4 is 33.2 Å². The van der Waals surface area contributed by atoms with Crippen molar-refractivity contribution in [2.75, 3.05) is 10.6 Å². The quantitative estimate of drug-likeness (QED) is 0.379. The first-order valence-electron chi connectivity index (χ1n) is 5.63. The summed E-state index contributed by atoms with van der Waals surface area (Å²) in [7, 11) is 0. The first-order valence-corrected chi connectivity index (χ1v) is 6.75. The van der Waals surface area contributed by atoms with Gasteiger partial charge in [-0.3, -0.25) is 14.9 Å². The van der Waals surface area contributed by atoms with Gasteiger partial charge in [0.15, 0.2) is 0 Å². The molecule has 1 rings (SSSR count). The maximum absolute atomic E-state index is 11.8. The molecule has 0 unspecified atom stereocenters. The molecule has 20 heavy (non-hydrogen) atoms. The molecule has 0 saturated heterocycles. The molecule has 0 aromatic heterocycles. The van der Waals surface area contributed by atoms with Crippen molar-refractivity contribution in [3.63, 3.8) is 0 Å². The van der Waals surface area contributed by atoms with Gasteiger partial charge in [-0.15, -0.1) is 5.92 Å². The first kappa shape index (κ1) is 16.1. The number of nitro benzene ring substituents is 1. The summed E-state index contributed by atoms with van der Waals surface area (Å²) in [6.07, 6.45) is 0. The number of alkyl halides is 1. The summed E-state index contributed by atoms with van der Waals surface area (Å²) in [5, 5.41) is 23.2. The molecule has 7 heteroatoms. The molecule has 0 bridgehead atoms. The summed E-state index contributed by atoms with van der Waals surface area (Å²) < 4.78 is 0. The maximum atomic E-state index is 11.8. The zero-order chi connectivity index (χ0) is 15.3. The van der Waals surface area contributed by atoms with Crippen molar-refractivity contribution in [1.29, 1.82) is 0 Å². The molecule has 0 heterocycles. The Morgan fingerprint density at radius 2 is 2.25 bits per heavy atom. The van der Waals surface area contributed by atoms with E-state index >= 15 is 0 Å². The molecule has 0 aliphatic rings. The summed E-state index contributed by atoms with van der Waals surface area (Å²) in [6, 6.07) is 4.05. The molecule has 1 aromatic rings. The third-order valence-electron chi connectivity index (χ3n) is 2.46. The Labute approximate surface area is 124 Å². The van der Waals surface area contributed by atoms with Crippen molar-refractivity contribution in [2.45, 2.75) is 19.4 Å². The van der Waals surface area contributed by atoms with Gasteiger partial charge < -0.3 is 10.4 Å². The van der Waals surface area contributed by atoms with Crippen LogP contribution in [0.4, 0.5) is 11.4 Å². The SMILES string of the molecule is CC#Cc1cc(NC(=O)[C@@](C)(O)CBr)ccc1[N+](=O)[O-]. The number of halogens is 1. The second-order valence-electron chi connectivity index (χ2n) is 4.23. The van der Waals surface area contributed by atoms with Gasteiger partial charge in [0.25, 0.3) is 11.6 Å². The summed E-state index contributed by atoms with van der Waals surface area (Å²) in [5.74, 6) is 4.57. The van der Waals surface area contributed by atoms with E-state index in [1.54, 1.807) is 6.92 Å². The van der Waals surface area contributed by atoms with Crippen molar-refractivity contribution in [3.05, 3.63) is 33.9 Å². The number of nitrogens with one attached hydrogen (secondary N) is 1. The topological polar surface area (TPSA) is 92.5 Å². The highest BCUT2D eigenvalue weighted by molar-refractivity contribution is 9.09. The standard InChI is InChI=1S/C13H13BrN2O4/c1-3-4-9-7-10(5-6-11(9)16(19)20)15-12(17)13(2,18)8-14/h5-7,18H,8H2,1-2H3,(H,15,17)/t13-/m0/s1. The monoisotopic (exact) mass is 340 g/mol. The van der Waals surface area contributed by atoms with Gasteiger partial charge in [0.2, 0.25) is 0 Å². The molecular weight excluding hydrogens is 328 g/mol. The Bertz CT molecular complexity index is 602. The summed E-state index contributed by atoms with van der Waals surface area (Å²) >= 11 is 3.03. The fraction of sp³-hybridized carbons (Fsp3) is 0.308. The van der Waals surface area contributed by atoms with E-state index < -0.39 is 16.4 Å². The fourth-order valence-corrected chi connectivity index (χ4v) is 1.59. The molecule has 6 nitrogen and oxygen atoms in total. The highest BCUT2D eigenvalue weighted by Gasteiger charge is 2.29. The van der Waals surface area contributed by atoms with Crippen LogP contribution in [0.2, 0.25) is 0 Å². The van der Waals surface area contributed by atoms with Crippen LogP contribution in [0.25, 0.3) is 0 Å². The predicted octanol–water partition coefficient (Wildman–Crippen LogP) is 2.05. The molecule has 0 radical (unpaired) electrons. The lowest BCUT2D eigenvalue weighted by atomic mass is 10.1. The highest BCUT2D eigenvalue weighted by atomic mass is 79.9. The van der Waals surface area contributed by atoms with Crippen LogP contribution in [0.15, 0.2) is 18.2 Å². The van der Waals surface area contributed by atoms with Crippen LogP contribution in [0.1, 0.15) is 19.4 Å². The van der Waals surface area contributed by atoms with E-state index in [2.05, 4.69) is 33.1 Å². The van der Waals surface area contributed by atoms with E-state index in [4.69, 9.17) is 0 Å². The number of carbonyl (C=O) groups is 1. The second kappa shape index (κ2) is 6.50. The Hall–Kier alpha value is -1.91. The lowest BCUT2D eigenvalue weighted by molar-refractivity contribution is -0.385. The van der Waals surface area contributed by atoms with Gasteiger partial charge in [-0.25, -0.2) is 0 Å². The van der Waals surface area contributed by atoms with Crippen LogP contribution in [-0.2, 0) is 4.79 Å². The van der Waals surface area contributed by atoms with Crippen molar-refractivity contribution in [3.8, 4) is 11.8 Å². The van der Waals surface area contributed by atoms with Gasteiger partial charge in [-0.05, 0) is 26.0 Å². The molecule has 2 N–H and O–H groups in total. The van der Waals surface area contributed by atoms with E-state index in [0.717, 1.165) is 0 Å². The number of aliphatic hydroxyl groups is 1. The maximum Gasteiger partial charge on any atom is 0.285 e. The molecule has 0 saturated carbocycles. The molecule has 106 valence electrons. The van der Waals surface area contributed by atoms with E-state index in [9.17, 15) is 20.0 Å². The smallest absolute Gasteiger partial charge is 0.285 e. The van der Waals surface area contributed by atoms with E-state index in [1.807, 2.05) is 0 Å². The van der Waals surface area contributed by atoms with Crippen molar-refractivity contribution < 1.29 is 14.8 Å². The number of hydrogen-bond donors (Lipinski definition) is 2. The fourth-order valence-electron chi connectivity index (χ4n) is 1.33. The summed E-state index contributed by atoms with van der Waals surface area (Å²) in [5.41, 5.74) is -1.17. The van der Waals surface area contributed by atoms with Crippen LogP contribution in [0, 0.1) is 22.0 Å². The normalized spacial score (nSPS) is 12.8. The third kappa shape index (κ3) is 3.79. The minimum atomic E-state index is -1.57. The molecule has 1 atom stereocenters. The Kier molecular flexibility index (Phi) is 5.25. The Balaban J connectivity index is 3.09. The van der Waals surface area contributed by atoms with Gasteiger partial charge in [-0.2, -0.15) is 0 Å². The van der Waals surface area contributed by atoms with Crippen LogP contribution in [0.5, 0.6) is 0 Å². The minimum Gasteiger partial charge on any atom is -0.379 e. The van der Waals surface area contributed by atoms with Crippen LogP contribution in [0.3, 0.4) is 0 Å². The van der Waals surface area contributed by atoms with Gasteiger partial charge in [0, 0.05) is 17.1 Å². The van der Waals surface area contributed by atoms with E-state index in [0.29, 0.717) is 5.69 Å². The molecule has 1 aromatic carbocycles. The van der Waals surface area contributed by atoms with Gasteiger partial charge in [-0.1, -0.05) is 21.9 Å². The summed E-state index contributed by atoms with van der Waals surface area (Å²) in [6.45, 7) is 2.92. The largest absolute Gasteiger partial charge is 0.379 e. The molecular formula is C13H13BrN2O4.